The van der Waals surface area contributed by atoms with E-state index in [0.29, 0.717) is 17.1 Å². The topological polar surface area (TPSA) is 97.3 Å². The smallest absolute Gasteiger partial charge is 0.264 e. The van der Waals surface area contributed by atoms with E-state index in [9.17, 15) is 17.6 Å². The van der Waals surface area contributed by atoms with Gasteiger partial charge < -0.3 is 9.47 Å². The fourth-order valence-electron chi connectivity index (χ4n) is 3.04. The molecule has 0 aliphatic rings. The summed E-state index contributed by atoms with van der Waals surface area (Å²) in [4.78, 5) is 12.5. The third-order valence-corrected chi connectivity index (χ3v) is 6.63. The highest BCUT2D eigenvalue weighted by Crippen LogP contribution is 2.24. The number of methoxy groups -OCH3 is 2. The van der Waals surface area contributed by atoms with E-state index in [0.717, 1.165) is 34.1 Å². The molecule has 1 N–H and O–H groups in total. The van der Waals surface area contributed by atoms with Gasteiger partial charge in [0.15, 0.2) is 0 Å². The van der Waals surface area contributed by atoms with E-state index in [2.05, 4.69) is 10.5 Å². The third kappa shape index (κ3) is 5.90. The van der Waals surface area contributed by atoms with Gasteiger partial charge in [0.2, 0.25) is 0 Å². The van der Waals surface area contributed by atoms with Gasteiger partial charge in [0.25, 0.3) is 15.9 Å². The van der Waals surface area contributed by atoms with Crippen molar-refractivity contribution in [2.24, 2.45) is 5.10 Å². The van der Waals surface area contributed by atoms with Crippen molar-refractivity contribution in [3.8, 4) is 11.5 Å². The predicted octanol–water partition coefficient (Wildman–Crippen LogP) is 3.50. The normalized spacial score (nSPS) is 11.3. The van der Waals surface area contributed by atoms with Gasteiger partial charge in [0, 0.05) is 5.56 Å². The fraction of sp³-hybridized carbons (Fsp3) is 0.167. The maximum atomic E-state index is 13.3. The van der Waals surface area contributed by atoms with Crippen molar-refractivity contribution in [1.82, 2.24) is 5.43 Å². The number of carbonyl (C=O) groups is 1. The summed E-state index contributed by atoms with van der Waals surface area (Å²) in [6.45, 7) is 1.31. The number of carbonyl (C=O) groups excluding carboxylic acids is 1. The average Bonchev–Trinajstić information content (AvgIpc) is 2.83. The van der Waals surface area contributed by atoms with Crippen LogP contribution in [0, 0.1) is 12.7 Å². The summed E-state index contributed by atoms with van der Waals surface area (Å²) in [5, 5.41) is 3.92. The van der Waals surface area contributed by atoms with Crippen molar-refractivity contribution < 1.29 is 27.1 Å². The Balaban J connectivity index is 1.84. The van der Waals surface area contributed by atoms with Gasteiger partial charge in [-0.1, -0.05) is 17.7 Å². The lowest BCUT2D eigenvalue weighted by atomic mass is 10.2. The van der Waals surface area contributed by atoms with Gasteiger partial charge in [-0.25, -0.2) is 18.2 Å². The van der Waals surface area contributed by atoms with Crippen molar-refractivity contribution in [3.05, 3.63) is 83.7 Å². The molecule has 0 unspecified atom stereocenters. The second-order valence-corrected chi connectivity index (χ2v) is 9.06. The van der Waals surface area contributed by atoms with Gasteiger partial charge in [-0.2, -0.15) is 5.10 Å². The molecule has 3 rings (SSSR count). The number of nitrogens with one attached hydrogen (secondary N) is 1. The Morgan fingerprint density at radius 2 is 1.71 bits per heavy atom. The summed E-state index contributed by atoms with van der Waals surface area (Å²) in [5.74, 6) is -0.159. The minimum absolute atomic E-state index is 0.146. The largest absolute Gasteiger partial charge is 0.497 e. The van der Waals surface area contributed by atoms with Gasteiger partial charge in [-0.15, -0.1) is 0 Å². The molecule has 0 aliphatic carbocycles. The number of nitrogens with zero attached hydrogens (tertiary/aromatic N) is 2. The summed E-state index contributed by atoms with van der Waals surface area (Å²) < 4.78 is 51.2. The molecule has 0 radical (unpaired) electrons. The predicted molar refractivity (Wildman–Crippen MR) is 127 cm³/mol. The third-order valence-electron chi connectivity index (χ3n) is 4.84. The molecular weight excluding hydrogens is 461 g/mol. The number of sulfonamides is 1. The number of hydrogen-bond acceptors (Lipinski definition) is 6. The second kappa shape index (κ2) is 10.8. The van der Waals surface area contributed by atoms with E-state index >= 15 is 0 Å². The quantitative estimate of drug-likeness (QED) is 0.370. The van der Waals surface area contributed by atoms with E-state index < -0.39 is 28.3 Å². The Morgan fingerprint density at radius 3 is 2.32 bits per heavy atom. The summed E-state index contributed by atoms with van der Waals surface area (Å²) >= 11 is 0. The molecular formula is C24H24FN3O5S. The molecule has 10 heteroatoms. The van der Waals surface area contributed by atoms with Crippen LogP contribution in [-0.2, 0) is 14.8 Å². The van der Waals surface area contributed by atoms with E-state index in [1.54, 1.807) is 42.5 Å². The summed E-state index contributed by atoms with van der Waals surface area (Å²) in [7, 11) is -1.14. The van der Waals surface area contributed by atoms with Crippen LogP contribution in [0.15, 0.2) is 76.7 Å². The Labute approximate surface area is 197 Å². The Hall–Kier alpha value is -3.92. The van der Waals surface area contributed by atoms with Gasteiger partial charge in [-0.05, 0) is 61.5 Å². The second-order valence-electron chi connectivity index (χ2n) is 7.20. The van der Waals surface area contributed by atoms with Crippen LogP contribution >= 0.6 is 0 Å². The van der Waals surface area contributed by atoms with Crippen LogP contribution in [0.1, 0.15) is 11.1 Å². The lowest BCUT2D eigenvalue weighted by Gasteiger charge is -2.23. The molecule has 8 nitrogen and oxygen atoms in total. The van der Waals surface area contributed by atoms with Crippen LogP contribution in [-0.4, -0.2) is 41.3 Å². The number of rotatable bonds is 9. The van der Waals surface area contributed by atoms with Crippen molar-refractivity contribution in [1.29, 1.82) is 0 Å². The number of halogens is 1. The van der Waals surface area contributed by atoms with Gasteiger partial charge in [0.05, 0.1) is 31.0 Å². The first-order valence-electron chi connectivity index (χ1n) is 10.1. The molecule has 0 aliphatic heterocycles. The monoisotopic (exact) mass is 485 g/mol. The standard InChI is InChI=1S/C24H24FN3O5S/c1-17-4-8-20(9-5-17)28(34(30,31)22-11-6-19(25)7-12-22)16-24(29)27-26-15-18-14-21(32-2)10-13-23(18)33-3/h4-15H,16H2,1-3H3,(H,27,29)/b26-15-. The van der Waals surface area contributed by atoms with Crippen molar-refractivity contribution in [3.63, 3.8) is 0 Å². The van der Waals surface area contributed by atoms with E-state index in [1.165, 1.54) is 20.4 Å². The lowest BCUT2D eigenvalue weighted by molar-refractivity contribution is -0.119. The minimum Gasteiger partial charge on any atom is -0.497 e. The molecule has 3 aromatic rings. The highest BCUT2D eigenvalue weighted by molar-refractivity contribution is 7.92. The maximum Gasteiger partial charge on any atom is 0.264 e. The van der Waals surface area contributed by atoms with E-state index in [1.807, 2.05) is 6.92 Å². The highest BCUT2D eigenvalue weighted by Gasteiger charge is 2.27. The number of aryl methyl sites for hydroxylation is 1. The average molecular weight is 486 g/mol. The zero-order valence-electron chi connectivity index (χ0n) is 18.9. The van der Waals surface area contributed by atoms with Crippen LogP contribution in [0.3, 0.4) is 0 Å². The number of ether oxygens (including phenoxy) is 2. The van der Waals surface area contributed by atoms with Crippen LogP contribution in [0.2, 0.25) is 0 Å². The zero-order chi connectivity index (χ0) is 24.7. The highest BCUT2D eigenvalue weighted by atomic mass is 32.2. The number of hydrazone groups is 1. The summed E-state index contributed by atoms with van der Waals surface area (Å²) in [5.41, 5.74) is 4.09. The maximum absolute atomic E-state index is 13.3. The number of hydrogen-bond donors (Lipinski definition) is 1. The van der Waals surface area contributed by atoms with Crippen LogP contribution in [0.4, 0.5) is 10.1 Å². The molecule has 1 amide bonds. The van der Waals surface area contributed by atoms with Gasteiger partial charge in [0.1, 0.15) is 23.9 Å². The molecule has 0 fully saturated rings. The SMILES string of the molecule is COc1ccc(OC)c(/C=N\NC(=O)CN(c2ccc(C)cc2)S(=O)(=O)c2ccc(F)cc2)c1. The molecule has 0 atom stereocenters. The number of benzene rings is 3. The molecule has 0 spiro atoms. The fourth-order valence-corrected chi connectivity index (χ4v) is 4.46. The molecule has 0 aromatic heterocycles. The van der Waals surface area contributed by atoms with Gasteiger partial charge >= 0.3 is 0 Å². The molecule has 0 heterocycles. The molecule has 0 saturated carbocycles. The first-order valence-corrected chi connectivity index (χ1v) is 11.6. The minimum atomic E-state index is -4.16. The molecule has 178 valence electrons. The number of amides is 1. The van der Waals surface area contributed by atoms with Crippen molar-refractivity contribution in [2.45, 2.75) is 11.8 Å². The Bertz CT molecular complexity index is 1280. The van der Waals surface area contributed by atoms with Crippen LogP contribution in [0.5, 0.6) is 11.5 Å². The summed E-state index contributed by atoms with van der Waals surface area (Å²) in [6.07, 6.45) is 1.37. The zero-order valence-corrected chi connectivity index (χ0v) is 19.7. The first kappa shape index (κ1) is 24.7. The lowest BCUT2D eigenvalue weighted by Crippen LogP contribution is -2.39. The van der Waals surface area contributed by atoms with Crippen molar-refractivity contribution >= 4 is 27.8 Å². The molecule has 3 aromatic carbocycles. The Kier molecular flexibility index (Phi) is 7.85. The molecule has 0 bridgehead atoms. The van der Waals surface area contributed by atoms with Crippen LogP contribution < -0.4 is 19.2 Å². The van der Waals surface area contributed by atoms with E-state index in [-0.39, 0.29) is 10.6 Å². The van der Waals surface area contributed by atoms with Crippen LogP contribution in [0.25, 0.3) is 0 Å². The molecule has 34 heavy (non-hydrogen) atoms. The number of anilines is 1. The molecule has 0 saturated heterocycles. The summed E-state index contributed by atoms with van der Waals surface area (Å²) in [6, 6.07) is 16.1. The Morgan fingerprint density at radius 1 is 1.03 bits per heavy atom. The van der Waals surface area contributed by atoms with Crippen molar-refractivity contribution in [2.75, 3.05) is 25.1 Å². The van der Waals surface area contributed by atoms with E-state index in [4.69, 9.17) is 9.47 Å². The van der Waals surface area contributed by atoms with Gasteiger partial charge in [-0.3, -0.25) is 9.10 Å². The first-order chi connectivity index (χ1) is 16.2.